The van der Waals surface area contributed by atoms with Crippen LogP contribution in [-0.4, -0.2) is 11.6 Å². The number of halogens is 1. The van der Waals surface area contributed by atoms with Crippen molar-refractivity contribution in [2.75, 3.05) is 6.61 Å². The van der Waals surface area contributed by atoms with E-state index in [0.717, 1.165) is 40.5 Å². The minimum absolute atomic E-state index is 0.338. The Hall–Kier alpha value is -0.910. The highest BCUT2D eigenvalue weighted by Gasteiger charge is 2.21. The van der Waals surface area contributed by atoms with E-state index in [-0.39, 0.29) is 0 Å². The van der Waals surface area contributed by atoms with Crippen LogP contribution in [0.25, 0.3) is 0 Å². The second-order valence-electron chi connectivity index (χ2n) is 4.64. The van der Waals surface area contributed by atoms with Gasteiger partial charge in [-0.1, -0.05) is 15.9 Å². The smallest absolute Gasteiger partial charge is 0.124 e. The van der Waals surface area contributed by atoms with Gasteiger partial charge in [0, 0.05) is 40.1 Å². The number of rotatable bonds is 3. The molecule has 1 aliphatic rings. The van der Waals surface area contributed by atoms with E-state index in [2.05, 4.69) is 37.7 Å². The topological polar surface area (TPSA) is 34.1 Å². The van der Waals surface area contributed by atoms with E-state index in [1.54, 1.807) is 11.3 Å². The number of fused-ring (bicyclic) bond motifs is 1. The van der Waals surface area contributed by atoms with E-state index in [0.29, 0.717) is 6.04 Å². The van der Waals surface area contributed by atoms with Gasteiger partial charge in [0.1, 0.15) is 10.8 Å². The molecule has 2 aromatic rings. The van der Waals surface area contributed by atoms with Gasteiger partial charge in [-0.3, -0.25) is 0 Å². The van der Waals surface area contributed by atoms with E-state index in [9.17, 15) is 0 Å². The Morgan fingerprint density at radius 3 is 3.21 bits per heavy atom. The molecule has 1 aromatic carbocycles. The average molecular weight is 339 g/mol. The first-order valence-electron chi connectivity index (χ1n) is 6.29. The highest BCUT2D eigenvalue weighted by Crippen LogP contribution is 2.34. The molecule has 100 valence electrons. The summed E-state index contributed by atoms with van der Waals surface area (Å²) in [5.74, 6) is 0.988. The van der Waals surface area contributed by atoms with Crippen molar-refractivity contribution in [1.82, 2.24) is 10.3 Å². The Bertz CT molecular complexity index is 585. The molecule has 0 aliphatic carbocycles. The van der Waals surface area contributed by atoms with Crippen LogP contribution in [0.15, 0.2) is 28.1 Å². The van der Waals surface area contributed by atoms with Crippen molar-refractivity contribution in [1.29, 1.82) is 0 Å². The lowest BCUT2D eigenvalue weighted by atomic mass is 10.0. The Morgan fingerprint density at radius 2 is 2.42 bits per heavy atom. The van der Waals surface area contributed by atoms with Crippen LogP contribution >= 0.6 is 27.3 Å². The molecule has 0 bridgehead atoms. The van der Waals surface area contributed by atoms with Crippen LogP contribution < -0.4 is 10.1 Å². The standard InChI is InChI=1S/C14H15BrN2OS/c1-9-8-19-14(17-9)7-16-12-4-5-18-13-3-2-10(15)6-11(12)13/h2-3,6,8,12,16H,4-5,7H2,1H3. The summed E-state index contributed by atoms with van der Waals surface area (Å²) in [4.78, 5) is 4.48. The fourth-order valence-electron chi connectivity index (χ4n) is 2.27. The van der Waals surface area contributed by atoms with Crippen molar-refractivity contribution >= 4 is 27.3 Å². The van der Waals surface area contributed by atoms with Crippen LogP contribution in [0, 0.1) is 6.92 Å². The first-order valence-corrected chi connectivity index (χ1v) is 7.96. The molecular weight excluding hydrogens is 324 g/mol. The van der Waals surface area contributed by atoms with Gasteiger partial charge in [-0.25, -0.2) is 4.98 Å². The second-order valence-corrected chi connectivity index (χ2v) is 6.49. The molecule has 1 unspecified atom stereocenters. The minimum atomic E-state index is 0.338. The van der Waals surface area contributed by atoms with E-state index in [1.807, 2.05) is 19.1 Å². The summed E-state index contributed by atoms with van der Waals surface area (Å²) >= 11 is 5.23. The lowest BCUT2D eigenvalue weighted by Crippen LogP contribution is -2.26. The van der Waals surface area contributed by atoms with Crippen LogP contribution in [0.3, 0.4) is 0 Å². The summed E-state index contributed by atoms with van der Waals surface area (Å²) in [5, 5.41) is 6.81. The molecule has 1 aromatic heterocycles. The number of aromatic nitrogens is 1. The van der Waals surface area contributed by atoms with Gasteiger partial charge in [-0.05, 0) is 25.1 Å². The molecule has 0 radical (unpaired) electrons. The summed E-state index contributed by atoms with van der Waals surface area (Å²) in [7, 11) is 0. The van der Waals surface area contributed by atoms with Crippen molar-refractivity contribution in [3.8, 4) is 5.75 Å². The molecule has 1 atom stereocenters. The zero-order chi connectivity index (χ0) is 13.2. The molecule has 0 fully saturated rings. The van der Waals surface area contributed by atoms with Crippen LogP contribution in [0.4, 0.5) is 0 Å². The van der Waals surface area contributed by atoms with Gasteiger partial charge in [0.15, 0.2) is 0 Å². The molecule has 19 heavy (non-hydrogen) atoms. The molecule has 3 rings (SSSR count). The van der Waals surface area contributed by atoms with Gasteiger partial charge in [0.25, 0.3) is 0 Å². The molecule has 0 saturated carbocycles. The molecular formula is C14H15BrN2OS. The summed E-state index contributed by atoms with van der Waals surface area (Å²) in [6.07, 6.45) is 0.994. The van der Waals surface area contributed by atoms with E-state index < -0.39 is 0 Å². The van der Waals surface area contributed by atoms with Crippen LogP contribution in [-0.2, 0) is 6.54 Å². The van der Waals surface area contributed by atoms with Crippen LogP contribution in [0.5, 0.6) is 5.75 Å². The average Bonchev–Trinajstić information content (AvgIpc) is 2.82. The zero-order valence-electron chi connectivity index (χ0n) is 10.6. The highest BCUT2D eigenvalue weighted by molar-refractivity contribution is 9.10. The third-order valence-electron chi connectivity index (χ3n) is 3.18. The number of nitrogens with one attached hydrogen (secondary N) is 1. The Labute approximate surface area is 125 Å². The van der Waals surface area contributed by atoms with Gasteiger partial charge < -0.3 is 10.1 Å². The number of thiazole rings is 1. The molecule has 3 nitrogen and oxygen atoms in total. The van der Waals surface area contributed by atoms with E-state index >= 15 is 0 Å². The monoisotopic (exact) mass is 338 g/mol. The number of benzene rings is 1. The van der Waals surface area contributed by atoms with Crippen molar-refractivity contribution in [2.24, 2.45) is 0 Å². The second kappa shape index (κ2) is 5.61. The van der Waals surface area contributed by atoms with Crippen molar-refractivity contribution in [2.45, 2.75) is 25.9 Å². The molecule has 0 amide bonds. The van der Waals surface area contributed by atoms with Gasteiger partial charge in [-0.15, -0.1) is 11.3 Å². The van der Waals surface area contributed by atoms with Crippen molar-refractivity contribution in [3.05, 3.63) is 44.3 Å². The zero-order valence-corrected chi connectivity index (χ0v) is 13.1. The molecule has 1 N–H and O–H groups in total. The lowest BCUT2D eigenvalue weighted by Gasteiger charge is -2.26. The Balaban J connectivity index is 1.74. The minimum Gasteiger partial charge on any atom is -0.493 e. The third kappa shape index (κ3) is 2.99. The largest absolute Gasteiger partial charge is 0.493 e. The SMILES string of the molecule is Cc1csc(CNC2CCOc3ccc(Br)cc32)n1. The predicted octanol–water partition coefficient (Wildman–Crippen LogP) is 3.83. The highest BCUT2D eigenvalue weighted by atomic mass is 79.9. The first kappa shape index (κ1) is 13.1. The summed E-state index contributed by atoms with van der Waals surface area (Å²) in [6.45, 7) is 3.61. The van der Waals surface area contributed by atoms with E-state index in [1.165, 1.54) is 5.56 Å². The Morgan fingerprint density at radius 1 is 1.53 bits per heavy atom. The quantitative estimate of drug-likeness (QED) is 0.923. The van der Waals surface area contributed by atoms with Crippen LogP contribution in [0.1, 0.15) is 28.7 Å². The summed E-state index contributed by atoms with van der Waals surface area (Å²) < 4.78 is 6.78. The number of hydrogen-bond donors (Lipinski definition) is 1. The van der Waals surface area contributed by atoms with E-state index in [4.69, 9.17) is 4.74 Å². The van der Waals surface area contributed by atoms with Gasteiger partial charge in [-0.2, -0.15) is 0 Å². The maximum atomic E-state index is 5.69. The molecule has 2 heterocycles. The molecule has 0 saturated heterocycles. The van der Waals surface area contributed by atoms with Crippen molar-refractivity contribution in [3.63, 3.8) is 0 Å². The fourth-order valence-corrected chi connectivity index (χ4v) is 3.37. The Kier molecular flexibility index (Phi) is 3.86. The van der Waals surface area contributed by atoms with Gasteiger partial charge in [0.05, 0.1) is 6.61 Å². The number of ether oxygens (including phenoxy) is 1. The first-order chi connectivity index (χ1) is 9.22. The van der Waals surface area contributed by atoms with Crippen molar-refractivity contribution < 1.29 is 4.74 Å². The maximum absolute atomic E-state index is 5.69. The molecule has 5 heteroatoms. The third-order valence-corrected chi connectivity index (χ3v) is 4.64. The van der Waals surface area contributed by atoms with Gasteiger partial charge in [0.2, 0.25) is 0 Å². The number of nitrogens with zero attached hydrogens (tertiary/aromatic N) is 1. The summed E-state index contributed by atoms with van der Waals surface area (Å²) in [6, 6.07) is 6.52. The molecule has 0 spiro atoms. The number of hydrogen-bond acceptors (Lipinski definition) is 4. The lowest BCUT2D eigenvalue weighted by molar-refractivity contribution is 0.252. The number of aryl methyl sites for hydroxylation is 1. The summed E-state index contributed by atoms with van der Waals surface area (Å²) in [5.41, 5.74) is 2.32. The fraction of sp³-hybridized carbons (Fsp3) is 0.357. The molecule has 1 aliphatic heterocycles. The maximum Gasteiger partial charge on any atom is 0.124 e. The normalized spacial score (nSPS) is 17.9. The van der Waals surface area contributed by atoms with Crippen LogP contribution in [0.2, 0.25) is 0 Å². The predicted molar refractivity (Wildman–Crippen MR) is 80.7 cm³/mol. The van der Waals surface area contributed by atoms with Gasteiger partial charge >= 0.3 is 0 Å².